The van der Waals surface area contributed by atoms with Crippen molar-refractivity contribution < 1.29 is 5.11 Å². The summed E-state index contributed by atoms with van der Waals surface area (Å²) < 4.78 is 0. The van der Waals surface area contributed by atoms with E-state index < -0.39 is 5.60 Å². The van der Waals surface area contributed by atoms with Crippen molar-refractivity contribution in [1.29, 1.82) is 0 Å². The second kappa shape index (κ2) is 2.20. The van der Waals surface area contributed by atoms with Gasteiger partial charge in [-0.3, -0.25) is 0 Å². The minimum absolute atomic E-state index is 0.648. The van der Waals surface area contributed by atoms with Crippen molar-refractivity contribution in [2.24, 2.45) is 0 Å². The van der Waals surface area contributed by atoms with Gasteiger partial charge in [0.05, 0.1) is 5.69 Å². The Morgan fingerprint density at radius 1 is 1.80 bits per heavy atom. The van der Waals surface area contributed by atoms with Crippen molar-refractivity contribution in [2.75, 3.05) is 0 Å². The van der Waals surface area contributed by atoms with Crippen LogP contribution in [0.15, 0.2) is 18.3 Å². The molecule has 0 aliphatic heterocycles. The SMILES string of the molecule is C#CC(C)(O)c1ccc[nH]1. The van der Waals surface area contributed by atoms with E-state index in [0.717, 1.165) is 0 Å². The van der Waals surface area contributed by atoms with Crippen LogP contribution in [0, 0.1) is 12.3 Å². The molecular formula is C8H9NO. The van der Waals surface area contributed by atoms with Crippen molar-refractivity contribution in [3.8, 4) is 12.3 Å². The summed E-state index contributed by atoms with van der Waals surface area (Å²) in [6, 6.07) is 3.54. The van der Waals surface area contributed by atoms with E-state index in [0.29, 0.717) is 5.69 Å². The van der Waals surface area contributed by atoms with Crippen LogP contribution in [-0.4, -0.2) is 10.1 Å². The number of terminal acetylenes is 1. The first-order chi connectivity index (χ1) is 4.67. The summed E-state index contributed by atoms with van der Waals surface area (Å²) in [5, 5.41) is 9.42. The van der Waals surface area contributed by atoms with Crippen LogP contribution in [0.25, 0.3) is 0 Å². The zero-order chi connectivity index (χ0) is 7.61. The molecule has 10 heavy (non-hydrogen) atoms. The van der Waals surface area contributed by atoms with Crippen molar-refractivity contribution in [2.45, 2.75) is 12.5 Å². The summed E-state index contributed by atoms with van der Waals surface area (Å²) in [6.07, 6.45) is 6.80. The minimum atomic E-state index is -1.16. The Hall–Kier alpha value is -1.20. The minimum Gasteiger partial charge on any atom is -0.372 e. The molecule has 52 valence electrons. The third-order valence-corrected chi connectivity index (χ3v) is 1.40. The third-order valence-electron chi connectivity index (χ3n) is 1.40. The molecule has 0 aliphatic carbocycles. The predicted molar refractivity (Wildman–Crippen MR) is 39.2 cm³/mol. The summed E-state index contributed by atoms with van der Waals surface area (Å²) >= 11 is 0. The molecule has 1 rings (SSSR count). The number of H-pyrrole nitrogens is 1. The van der Waals surface area contributed by atoms with Crippen LogP contribution in [0.2, 0.25) is 0 Å². The molecule has 0 bridgehead atoms. The lowest BCUT2D eigenvalue weighted by atomic mass is 10.1. The van der Waals surface area contributed by atoms with Crippen LogP contribution < -0.4 is 0 Å². The second-order valence-electron chi connectivity index (χ2n) is 2.30. The lowest BCUT2D eigenvalue weighted by Gasteiger charge is -2.13. The van der Waals surface area contributed by atoms with Gasteiger partial charge in [-0.25, -0.2) is 0 Å². The van der Waals surface area contributed by atoms with E-state index in [1.54, 1.807) is 25.3 Å². The Morgan fingerprint density at radius 2 is 2.50 bits per heavy atom. The molecule has 0 spiro atoms. The molecule has 2 N–H and O–H groups in total. The highest BCUT2D eigenvalue weighted by Crippen LogP contribution is 2.15. The fraction of sp³-hybridized carbons (Fsp3) is 0.250. The van der Waals surface area contributed by atoms with Gasteiger partial charge in [-0.15, -0.1) is 6.42 Å². The first kappa shape index (κ1) is 6.91. The number of aromatic amines is 1. The van der Waals surface area contributed by atoms with E-state index in [2.05, 4.69) is 10.9 Å². The van der Waals surface area contributed by atoms with Gasteiger partial charge in [0.15, 0.2) is 5.60 Å². The van der Waals surface area contributed by atoms with Crippen LogP contribution in [0.5, 0.6) is 0 Å². The molecule has 1 atom stereocenters. The van der Waals surface area contributed by atoms with Gasteiger partial charge in [0.1, 0.15) is 0 Å². The molecule has 0 radical (unpaired) electrons. The van der Waals surface area contributed by atoms with Crippen molar-refractivity contribution in [1.82, 2.24) is 4.98 Å². The van der Waals surface area contributed by atoms with Crippen molar-refractivity contribution >= 4 is 0 Å². The molecule has 0 aliphatic rings. The largest absolute Gasteiger partial charge is 0.372 e. The Balaban J connectivity index is 2.99. The number of rotatable bonds is 1. The predicted octanol–water partition coefficient (Wildman–Crippen LogP) is 0.855. The van der Waals surface area contributed by atoms with E-state index in [9.17, 15) is 5.11 Å². The zero-order valence-corrected chi connectivity index (χ0v) is 5.76. The first-order valence-corrected chi connectivity index (χ1v) is 3.01. The van der Waals surface area contributed by atoms with Gasteiger partial charge >= 0.3 is 0 Å². The normalized spacial score (nSPS) is 15.7. The summed E-state index contributed by atoms with van der Waals surface area (Å²) in [7, 11) is 0. The number of aromatic nitrogens is 1. The standard InChI is InChI=1S/C8H9NO/c1-3-8(2,10)7-5-4-6-9-7/h1,4-6,9-10H,2H3. The molecule has 0 saturated carbocycles. The Bertz CT molecular complexity index is 241. The number of nitrogens with one attached hydrogen (secondary N) is 1. The lowest BCUT2D eigenvalue weighted by Crippen LogP contribution is -2.18. The van der Waals surface area contributed by atoms with E-state index in [4.69, 9.17) is 6.42 Å². The maximum absolute atomic E-state index is 9.42. The van der Waals surface area contributed by atoms with Crippen LogP contribution in [-0.2, 0) is 5.60 Å². The molecule has 1 unspecified atom stereocenters. The van der Waals surface area contributed by atoms with E-state index in [1.165, 1.54) is 0 Å². The quantitative estimate of drug-likeness (QED) is 0.550. The van der Waals surface area contributed by atoms with Gasteiger partial charge in [0, 0.05) is 6.20 Å². The highest BCUT2D eigenvalue weighted by atomic mass is 16.3. The average molecular weight is 135 g/mol. The molecule has 2 heteroatoms. The maximum atomic E-state index is 9.42. The number of aliphatic hydroxyl groups is 1. The van der Waals surface area contributed by atoms with E-state index in [1.807, 2.05) is 0 Å². The van der Waals surface area contributed by atoms with Crippen LogP contribution in [0.3, 0.4) is 0 Å². The van der Waals surface area contributed by atoms with E-state index in [-0.39, 0.29) is 0 Å². The van der Waals surface area contributed by atoms with Gasteiger partial charge in [0.2, 0.25) is 0 Å². The Kier molecular flexibility index (Phi) is 1.52. The zero-order valence-electron chi connectivity index (χ0n) is 5.76. The molecule has 0 amide bonds. The molecule has 0 saturated heterocycles. The van der Waals surface area contributed by atoms with Gasteiger partial charge in [-0.05, 0) is 19.1 Å². The fourth-order valence-electron chi connectivity index (χ4n) is 0.711. The van der Waals surface area contributed by atoms with Crippen LogP contribution in [0.1, 0.15) is 12.6 Å². The molecule has 2 nitrogen and oxygen atoms in total. The van der Waals surface area contributed by atoms with Crippen LogP contribution in [0.4, 0.5) is 0 Å². The molecule has 0 fully saturated rings. The molecular weight excluding hydrogens is 126 g/mol. The van der Waals surface area contributed by atoms with Crippen molar-refractivity contribution in [3.05, 3.63) is 24.0 Å². The Labute approximate surface area is 59.9 Å². The summed E-state index contributed by atoms with van der Waals surface area (Å²) in [6.45, 7) is 1.57. The van der Waals surface area contributed by atoms with Gasteiger partial charge < -0.3 is 10.1 Å². The lowest BCUT2D eigenvalue weighted by molar-refractivity contribution is 0.118. The van der Waals surface area contributed by atoms with Crippen molar-refractivity contribution in [3.63, 3.8) is 0 Å². The fourth-order valence-corrected chi connectivity index (χ4v) is 0.711. The number of hydrogen-bond donors (Lipinski definition) is 2. The van der Waals surface area contributed by atoms with Gasteiger partial charge in [0.25, 0.3) is 0 Å². The topological polar surface area (TPSA) is 36.0 Å². The average Bonchev–Trinajstić information content (AvgIpc) is 2.38. The molecule has 1 aromatic rings. The number of hydrogen-bond acceptors (Lipinski definition) is 1. The van der Waals surface area contributed by atoms with Gasteiger partial charge in [-0.1, -0.05) is 5.92 Å². The smallest absolute Gasteiger partial charge is 0.162 e. The van der Waals surface area contributed by atoms with Crippen LogP contribution >= 0.6 is 0 Å². The monoisotopic (exact) mass is 135 g/mol. The molecule has 1 heterocycles. The highest BCUT2D eigenvalue weighted by molar-refractivity contribution is 5.22. The van der Waals surface area contributed by atoms with E-state index >= 15 is 0 Å². The third kappa shape index (κ3) is 1.04. The summed E-state index contributed by atoms with van der Waals surface area (Å²) in [5.74, 6) is 2.27. The summed E-state index contributed by atoms with van der Waals surface area (Å²) in [4.78, 5) is 2.84. The highest BCUT2D eigenvalue weighted by Gasteiger charge is 2.19. The second-order valence-corrected chi connectivity index (χ2v) is 2.30. The first-order valence-electron chi connectivity index (χ1n) is 3.01. The molecule has 1 aromatic heterocycles. The Morgan fingerprint density at radius 3 is 2.90 bits per heavy atom. The maximum Gasteiger partial charge on any atom is 0.162 e. The van der Waals surface area contributed by atoms with Gasteiger partial charge in [-0.2, -0.15) is 0 Å². The summed E-state index contributed by atoms with van der Waals surface area (Å²) in [5.41, 5.74) is -0.515. The molecule has 0 aromatic carbocycles.